The van der Waals surface area contributed by atoms with E-state index in [4.69, 9.17) is 0 Å². The van der Waals surface area contributed by atoms with Gasteiger partial charge in [-0.15, -0.1) is 5.06 Å². The number of hydroxylamine groups is 2. The summed E-state index contributed by atoms with van der Waals surface area (Å²) >= 11 is 0. The van der Waals surface area contributed by atoms with Gasteiger partial charge in [-0.25, -0.2) is 4.79 Å². The molecule has 2 heterocycles. The molecule has 2 fully saturated rings. The van der Waals surface area contributed by atoms with Crippen LogP contribution < -0.4 is 0 Å². The van der Waals surface area contributed by atoms with Gasteiger partial charge in [-0.05, 0) is 0 Å². The molecule has 2 rings (SSSR count). The van der Waals surface area contributed by atoms with Gasteiger partial charge in [0.15, 0.2) is 18.0 Å². The van der Waals surface area contributed by atoms with Crippen LogP contribution in [0.1, 0.15) is 25.7 Å². The minimum Gasteiger partial charge on any atom is -0.382 e. The molecule has 2 saturated heterocycles. The maximum atomic E-state index is 11.8. The lowest BCUT2D eigenvalue weighted by atomic mass is 10.1. The largest absolute Gasteiger partial charge is 0.382 e. The zero-order valence-corrected chi connectivity index (χ0v) is 12.3. The van der Waals surface area contributed by atoms with Crippen LogP contribution >= 0.6 is 0 Å². The molecule has 0 aromatic carbocycles. The molecule has 0 unspecified atom stereocenters. The second-order valence-corrected chi connectivity index (χ2v) is 5.22. The predicted octanol–water partition coefficient (Wildman–Crippen LogP) is -2.97. The number of carbonyl (C=O) groups excluding carboxylic acids is 6. The summed E-state index contributed by atoms with van der Waals surface area (Å²) in [5, 5.41) is 19.4. The second-order valence-electron chi connectivity index (χ2n) is 5.22. The van der Waals surface area contributed by atoms with Gasteiger partial charge in [0.25, 0.3) is 11.8 Å². The number of aliphatic hydroxyl groups excluding tert-OH is 2. The second kappa shape index (κ2) is 6.84. The van der Waals surface area contributed by atoms with E-state index in [0.29, 0.717) is 4.90 Å². The van der Waals surface area contributed by atoms with Gasteiger partial charge in [0.2, 0.25) is 11.8 Å². The summed E-state index contributed by atoms with van der Waals surface area (Å²) in [5.41, 5.74) is 0. The molecule has 0 bridgehead atoms. The van der Waals surface area contributed by atoms with E-state index >= 15 is 0 Å². The van der Waals surface area contributed by atoms with Crippen molar-refractivity contribution in [3.63, 3.8) is 0 Å². The number of aliphatic hydroxyl groups is 2. The van der Waals surface area contributed by atoms with E-state index in [2.05, 4.69) is 4.84 Å². The standard InChI is InChI=1S/C13H14N2O9/c16-6(5-14-7(17)1-2-8(14)18)11(21)12(22)13(23)24-15-9(19)3-4-10(15)20/h11-12,21-22H,1-5H2/t11-,12+/m0/s1. The van der Waals surface area contributed by atoms with Crippen LogP contribution in [0, 0.1) is 0 Å². The number of nitrogens with zero attached hydrogens (tertiary/aromatic N) is 2. The molecule has 130 valence electrons. The Labute approximate surface area is 134 Å². The first-order valence-corrected chi connectivity index (χ1v) is 7.02. The summed E-state index contributed by atoms with van der Waals surface area (Å²) in [7, 11) is 0. The van der Waals surface area contributed by atoms with Gasteiger partial charge in [-0.2, -0.15) is 0 Å². The Morgan fingerprint density at radius 1 is 0.875 bits per heavy atom. The zero-order valence-electron chi connectivity index (χ0n) is 12.3. The van der Waals surface area contributed by atoms with Gasteiger partial charge in [0, 0.05) is 25.7 Å². The van der Waals surface area contributed by atoms with Crippen molar-refractivity contribution in [1.29, 1.82) is 0 Å². The molecule has 11 heteroatoms. The number of likely N-dealkylation sites (tertiary alicyclic amines) is 1. The number of hydrogen-bond acceptors (Lipinski definition) is 9. The van der Waals surface area contributed by atoms with Gasteiger partial charge in [0.05, 0.1) is 6.54 Å². The first kappa shape index (κ1) is 17.7. The molecule has 11 nitrogen and oxygen atoms in total. The van der Waals surface area contributed by atoms with E-state index in [1.54, 1.807) is 0 Å². The summed E-state index contributed by atoms with van der Waals surface area (Å²) in [6.07, 6.45) is -5.12. The van der Waals surface area contributed by atoms with Crippen LogP contribution in [0.2, 0.25) is 0 Å². The molecular formula is C13H14N2O9. The lowest BCUT2D eigenvalue weighted by Gasteiger charge is -2.20. The first-order valence-electron chi connectivity index (χ1n) is 7.02. The van der Waals surface area contributed by atoms with Crippen molar-refractivity contribution in [2.75, 3.05) is 6.54 Å². The van der Waals surface area contributed by atoms with E-state index < -0.39 is 54.1 Å². The normalized spacial score (nSPS) is 20.6. The Morgan fingerprint density at radius 2 is 1.33 bits per heavy atom. The van der Waals surface area contributed by atoms with E-state index in [1.165, 1.54) is 0 Å². The molecular weight excluding hydrogens is 328 g/mol. The van der Waals surface area contributed by atoms with Crippen molar-refractivity contribution < 1.29 is 43.8 Å². The Balaban J connectivity index is 1.94. The maximum Gasteiger partial charge on any atom is 0.364 e. The quantitative estimate of drug-likeness (QED) is 0.481. The monoisotopic (exact) mass is 342 g/mol. The third kappa shape index (κ3) is 3.46. The first-order chi connectivity index (χ1) is 11.2. The van der Waals surface area contributed by atoms with Crippen molar-refractivity contribution in [3.05, 3.63) is 0 Å². The third-order valence-electron chi connectivity index (χ3n) is 3.53. The van der Waals surface area contributed by atoms with E-state index in [-0.39, 0.29) is 30.7 Å². The number of ketones is 1. The zero-order chi connectivity index (χ0) is 18.0. The van der Waals surface area contributed by atoms with Gasteiger partial charge < -0.3 is 15.1 Å². The highest BCUT2D eigenvalue weighted by Crippen LogP contribution is 2.15. The van der Waals surface area contributed by atoms with Crippen LogP contribution in [-0.2, 0) is 33.6 Å². The summed E-state index contributed by atoms with van der Waals surface area (Å²) in [6, 6.07) is 0. The van der Waals surface area contributed by atoms with Crippen LogP contribution in [0.25, 0.3) is 0 Å². The number of amides is 4. The van der Waals surface area contributed by atoms with Crippen molar-refractivity contribution in [3.8, 4) is 0 Å². The van der Waals surface area contributed by atoms with Crippen LogP contribution in [0.4, 0.5) is 0 Å². The van der Waals surface area contributed by atoms with Crippen LogP contribution in [-0.4, -0.2) is 74.3 Å². The van der Waals surface area contributed by atoms with Gasteiger partial charge >= 0.3 is 5.97 Å². The van der Waals surface area contributed by atoms with E-state index in [0.717, 1.165) is 0 Å². The molecule has 24 heavy (non-hydrogen) atoms. The van der Waals surface area contributed by atoms with Crippen LogP contribution in [0.15, 0.2) is 0 Å². The molecule has 0 spiro atoms. The SMILES string of the molecule is O=C(CN1C(=O)CCC1=O)[C@H](O)[C@@H](O)C(=O)ON1C(=O)CCC1=O. The number of Topliss-reactive ketones (excluding diaryl/α,β-unsaturated/α-hetero) is 1. The highest BCUT2D eigenvalue weighted by Gasteiger charge is 2.39. The Bertz CT molecular complexity index is 543. The Kier molecular flexibility index (Phi) is 5.04. The molecule has 0 aromatic heterocycles. The number of rotatable bonds is 6. The molecule has 0 aromatic rings. The maximum absolute atomic E-state index is 11.8. The third-order valence-corrected chi connectivity index (χ3v) is 3.53. The molecule has 2 aliphatic heterocycles. The molecule has 0 radical (unpaired) electrons. The highest BCUT2D eigenvalue weighted by molar-refractivity contribution is 6.06. The lowest BCUT2D eigenvalue weighted by molar-refractivity contribution is -0.206. The Morgan fingerprint density at radius 3 is 1.83 bits per heavy atom. The number of carbonyl (C=O) groups is 6. The van der Waals surface area contributed by atoms with E-state index in [1.807, 2.05) is 0 Å². The fourth-order valence-electron chi connectivity index (χ4n) is 2.16. The van der Waals surface area contributed by atoms with Crippen molar-refractivity contribution in [2.24, 2.45) is 0 Å². The van der Waals surface area contributed by atoms with Crippen molar-refractivity contribution in [2.45, 2.75) is 37.9 Å². The molecule has 0 saturated carbocycles. The highest BCUT2D eigenvalue weighted by atomic mass is 16.7. The molecule has 0 aliphatic carbocycles. The lowest BCUT2D eigenvalue weighted by Crippen LogP contribution is -2.48. The molecule has 2 atom stereocenters. The summed E-state index contributed by atoms with van der Waals surface area (Å²) in [5.74, 6) is -5.55. The topological polar surface area (TPSA) is 159 Å². The van der Waals surface area contributed by atoms with Crippen LogP contribution in [0.5, 0.6) is 0 Å². The smallest absolute Gasteiger partial charge is 0.364 e. The summed E-state index contributed by atoms with van der Waals surface area (Å²) < 4.78 is 0. The molecule has 2 N–H and O–H groups in total. The fraction of sp³-hybridized carbons (Fsp3) is 0.538. The minimum atomic E-state index is -2.38. The van der Waals surface area contributed by atoms with Gasteiger partial charge in [-0.3, -0.25) is 28.9 Å². The van der Waals surface area contributed by atoms with Crippen molar-refractivity contribution in [1.82, 2.24) is 9.96 Å². The van der Waals surface area contributed by atoms with Gasteiger partial charge in [-0.1, -0.05) is 0 Å². The predicted molar refractivity (Wildman–Crippen MR) is 70.2 cm³/mol. The number of imide groups is 2. The minimum absolute atomic E-state index is 0.0635. The Hall–Kier alpha value is -2.66. The fourth-order valence-corrected chi connectivity index (χ4v) is 2.16. The average Bonchev–Trinajstić information content (AvgIpc) is 3.03. The molecule has 4 amide bonds. The number of hydrogen-bond donors (Lipinski definition) is 2. The summed E-state index contributed by atoms with van der Waals surface area (Å²) in [6.45, 7) is -0.801. The van der Waals surface area contributed by atoms with Crippen molar-refractivity contribution >= 4 is 35.4 Å². The molecule has 2 aliphatic rings. The van der Waals surface area contributed by atoms with E-state index in [9.17, 15) is 39.0 Å². The summed E-state index contributed by atoms with van der Waals surface area (Å²) in [4.78, 5) is 73.7. The average molecular weight is 342 g/mol. The van der Waals surface area contributed by atoms with Gasteiger partial charge in [0.1, 0.15) is 0 Å². The van der Waals surface area contributed by atoms with Crippen LogP contribution in [0.3, 0.4) is 0 Å².